The molecule has 0 bridgehead atoms. The van der Waals surface area contributed by atoms with Crippen molar-refractivity contribution in [2.75, 3.05) is 0 Å². The molecule has 100 valence electrons. The molecule has 0 aliphatic heterocycles. The van der Waals surface area contributed by atoms with Gasteiger partial charge in [-0.05, 0) is 18.1 Å². The minimum absolute atomic E-state index is 0.207. The summed E-state index contributed by atoms with van der Waals surface area (Å²) in [5.74, 6) is 0.652. The van der Waals surface area contributed by atoms with Gasteiger partial charge < -0.3 is 5.11 Å². The van der Waals surface area contributed by atoms with Crippen LogP contribution in [0, 0.1) is 6.92 Å². The van der Waals surface area contributed by atoms with Crippen LogP contribution in [0.2, 0.25) is 0 Å². The molecule has 0 aliphatic carbocycles. The zero-order valence-corrected chi connectivity index (χ0v) is 11.4. The van der Waals surface area contributed by atoms with Crippen LogP contribution < -0.4 is 0 Å². The summed E-state index contributed by atoms with van der Waals surface area (Å²) < 4.78 is 1.59. The predicted molar refractivity (Wildman–Crippen MR) is 78.3 cm³/mol. The number of nitrogens with zero attached hydrogens (tertiary/aromatic N) is 3. The molecule has 0 unspecified atom stereocenters. The van der Waals surface area contributed by atoms with Gasteiger partial charge in [-0.15, -0.1) is 5.10 Å². The highest BCUT2D eigenvalue weighted by molar-refractivity contribution is 5.80. The summed E-state index contributed by atoms with van der Waals surface area (Å²) in [7, 11) is 1.77. The molecule has 0 aliphatic rings. The average Bonchev–Trinajstić information content (AvgIpc) is 2.78. The van der Waals surface area contributed by atoms with E-state index in [-0.39, 0.29) is 6.01 Å². The van der Waals surface area contributed by atoms with Crippen molar-refractivity contribution in [3.05, 3.63) is 54.1 Å². The van der Waals surface area contributed by atoms with Gasteiger partial charge in [-0.2, -0.15) is 4.98 Å². The third-order valence-corrected chi connectivity index (χ3v) is 3.28. The van der Waals surface area contributed by atoms with E-state index >= 15 is 0 Å². The minimum atomic E-state index is -0.207. The van der Waals surface area contributed by atoms with E-state index in [4.69, 9.17) is 0 Å². The standard InChI is InChI=1S/C16H15N3O/c1-11-7-9-12(10-8-11)13-5-3-4-6-14(13)15-17-16(20)18-19(15)2/h3-10H,1-2H3,(H,18,20). The molecule has 1 heterocycles. The van der Waals surface area contributed by atoms with Crippen LogP contribution in [0.4, 0.5) is 0 Å². The third kappa shape index (κ3) is 2.16. The molecule has 0 radical (unpaired) electrons. The highest BCUT2D eigenvalue weighted by atomic mass is 16.3. The minimum Gasteiger partial charge on any atom is -0.478 e. The molecule has 3 aromatic rings. The van der Waals surface area contributed by atoms with Gasteiger partial charge in [0.2, 0.25) is 0 Å². The summed E-state index contributed by atoms with van der Waals surface area (Å²) in [6.45, 7) is 2.07. The topological polar surface area (TPSA) is 50.9 Å². The van der Waals surface area contributed by atoms with Crippen molar-refractivity contribution in [1.82, 2.24) is 14.8 Å². The lowest BCUT2D eigenvalue weighted by atomic mass is 9.98. The van der Waals surface area contributed by atoms with Gasteiger partial charge in [0, 0.05) is 12.6 Å². The molecule has 20 heavy (non-hydrogen) atoms. The van der Waals surface area contributed by atoms with Crippen LogP contribution in [0.5, 0.6) is 6.01 Å². The van der Waals surface area contributed by atoms with Gasteiger partial charge in [0.25, 0.3) is 0 Å². The van der Waals surface area contributed by atoms with E-state index in [1.807, 2.05) is 24.3 Å². The molecule has 0 atom stereocenters. The number of aromatic hydroxyl groups is 1. The Kier molecular flexibility index (Phi) is 2.99. The van der Waals surface area contributed by atoms with Crippen LogP contribution in [-0.4, -0.2) is 19.9 Å². The van der Waals surface area contributed by atoms with Gasteiger partial charge in [-0.1, -0.05) is 54.1 Å². The zero-order chi connectivity index (χ0) is 14.1. The number of rotatable bonds is 2. The van der Waals surface area contributed by atoms with Gasteiger partial charge in [0.15, 0.2) is 5.82 Å². The number of benzene rings is 2. The Labute approximate surface area is 117 Å². The smallest absolute Gasteiger partial charge is 0.333 e. The van der Waals surface area contributed by atoms with E-state index in [2.05, 4.69) is 41.3 Å². The van der Waals surface area contributed by atoms with Crippen molar-refractivity contribution in [1.29, 1.82) is 0 Å². The number of aromatic nitrogens is 3. The van der Waals surface area contributed by atoms with Crippen molar-refractivity contribution >= 4 is 0 Å². The van der Waals surface area contributed by atoms with Gasteiger partial charge >= 0.3 is 6.01 Å². The third-order valence-electron chi connectivity index (χ3n) is 3.28. The monoisotopic (exact) mass is 265 g/mol. The first-order chi connectivity index (χ1) is 9.65. The Morgan fingerprint density at radius 2 is 1.60 bits per heavy atom. The van der Waals surface area contributed by atoms with Crippen molar-refractivity contribution in [3.8, 4) is 28.5 Å². The lowest BCUT2D eigenvalue weighted by Crippen LogP contribution is -1.96. The fourth-order valence-corrected chi connectivity index (χ4v) is 2.27. The summed E-state index contributed by atoms with van der Waals surface area (Å²) in [5.41, 5.74) is 4.37. The molecule has 0 spiro atoms. The molecule has 4 nitrogen and oxygen atoms in total. The van der Waals surface area contributed by atoms with Gasteiger partial charge in [0.05, 0.1) is 0 Å². The Balaban J connectivity index is 2.18. The summed E-state index contributed by atoms with van der Waals surface area (Å²) in [5, 5.41) is 13.3. The second-order valence-corrected chi connectivity index (χ2v) is 4.77. The van der Waals surface area contributed by atoms with Gasteiger partial charge in [-0.3, -0.25) is 0 Å². The zero-order valence-electron chi connectivity index (χ0n) is 11.4. The van der Waals surface area contributed by atoms with Crippen molar-refractivity contribution in [2.24, 2.45) is 7.05 Å². The molecule has 2 aromatic carbocycles. The maximum absolute atomic E-state index is 9.45. The lowest BCUT2D eigenvalue weighted by Gasteiger charge is -2.09. The van der Waals surface area contributed by atoms with Crippen molar-refractivity contribution in [3.63, 3.8) is 0 Å². The molecule has 0 saturated heterocycles. The fraction of sp³-hybridized carbons (Fsp3) is 0.125. The summed E-state index contributed by atoms with van der Waals surface area (Å²) in [4.78, 5) is 4.09. The Hall–Kier alpha value is -2.62. The van der Waals surface area contributed by atoms with E-state index in [1.54, 1.807) is 11.7 Å². The number of hydrogen-bond acceptors (Lipinski definition) is 3. The average molecular weight is 265 g/mol. The Morgan fingerprint density at radius 3 is 2.20 bits per heavy atom. The largest absolute Gasteiger partial charge is 0.478 e. The molecular formula is C16H15N3O. The SMILES string of the molecule is Cc1ccc(-c2ccccc2-c2nc(O)nn2C)cc1. The highest BCUT2D eigenvalue weighted by Crippen LogP contribution is 2.31. The Morgan fingerprint density at radius 1 is 0.950 bits per heavy atom. The Bertz CT molecular complexity index is 745. The van der Waals surface area contributed by atoms with Crippen LogP contribution in [0.3, 0.4) is 0 Å². The quantitative estimate of drug-likeness (QED) is 0.774. The van der Waals surface area contributed by atoms with E-state index in [0.29, 0.717) is 5.82 Å². The lowest BCUT2D eigenvalue weighted by molar-refractivity contribution is 0.427. The molecule has 3 rings (SSSR count). The molecule has 4 heteroatoms. The van der Waals surface area contributed by atoms with Crippen molar-refractivity contribution < 1.29 is 5.11 Å². The summed E-state index contributed by atoms with van der Waals surface area (Å²) >= 11 is 0. The summed E-state index contributed by atoms with van der Waals surface area (Å²) in [6.07, 6.45) is 0. The van der Waals surface area contributed by atoms with Crippen LogP contribution in [0.1, 0.15) is 5.56 Å². The second-order valence-electron chi connectivity index (χ2n) is 4.77. The molecule has 1 aromatic heterocycles. The molecular weight excluding hydrogens is 250 g/mol. The van der Waals surface area contributed by atoms with E-state index in [9.17, 15) is 5.11 Å². The maximum Gasteiger partial charge on any atom is 0.333 e. The van der Waals surface area contributed by atoms with E-state index in [1.165, 1.54) is 5.56 Å². The normalized spacial score (nSPS) is 10.7. The van der Waals surface area contributed by atoms with E-state index < -0.39 is 0 Å². The van der Waals surface area contributed by atoms with Crippen LogP contribution >= 0.6 is 0 Å². The number of hydrogen-bond donors (Lipinski definition) is 1. The van der Waals surface area contributed by atoms with Crippen LogP contribution in [0.15, 0.2) is 48.5 Å². The van der Waals surface area contributed by atoms with Crippen LogP contribution in [0.25, 0.3) is 22.5 Å². The van der Waals surface area contributed by atoms with Gasteiger partial charge in [0.1, 0.15) is 0 Å². The van der Waals surface area contributed by atoms with E-state index in [0.717, 1.165) is 16.7 Å². The maximum atomic E-state index is 9.45. The number of aryl methyl sites for hydroxylation is 2. The summed E-state index contributed by atoms with van der Waals surface area (Å²) in [6, 6.07) is 16.1. The van der Waals surface area contributed by atoms with Crippen molar-refractivity contribution in [2.45, 2.75) is 6.92 Å². The molecule has 0 fully saturated rings. The molecule has 1 N–H and O–H groups in total. The van der Waals surface area contributed by atoms with Crippen LogP contribution in [-0.2, 0) is 7.05 Å². The first-order valence-electron chi connectivity index (χ1n) is 6.41. The first kappa shape index (κ1) is 12.4. The van der Waals surface area contributed by atoms with Gasteiger partial charge in [-0.25, -0.2) is 4.68 Å². The molecule has 0 amide bonds. The highest BCUT2D eigenvalue weighted by Gasteiger charge is 2.13. The second kappa shape index (κ2) is 4.81. The predicted octanol–water partition coefficient (Wildman–Crippen LogP) is 3.16. The molecule has 0 saturated carbocycles. The fourth-order valence-electron chi connectivity index (χ4n) is 2.27. The first-order valence-corrected chi connectivity index (χ1v) is 6.41.